The molecule has 0 aliphatic carbocycles. The van der Waals surface area contributed by atoms with Gasteiger partial charge in [0.15, 0.2) is 0 Å². The zero-order valence-corrected chi connectivity index (χ0v) is 12.3. The summed E-state index contributed by atoms with van der Waals surface area (Å²) in [5, 5.41) is 0. The molecular formula is C14H23N3S. The number of pyridine rings is 1. The highest BCUT2D eigenvalue weighted by Gasteiger charge is 2.11. The van der Waals surface area contributed by atoms with Gasteiger partial charge in [-0.1, -0.05) is 38.9 Å². The number of thiocarbonyl (C=S) groups is 1. The van der Waals surface area contributed by atoms with Gasteiger partial charge in [-0.25, -0.2) is 0 Å². The third-order valence-corrected chi connectivity index (χ3v) is 3.59. The Labute approximate surface area is 115 Å². The van der Waals surface area contributed by atoms with Crippen molar-refractivity contribution in [1.82, 2.24) is 4.98 Å². The summed E-state index contributed by atoms with van der Waals surface area (Å²) in [5.74, 6) is 0.728. The third kappa shape index (κ3) is 3.95. The van der Waals surface area contributed by atoms with Crippen LogP contribution in [0.5, 0.6) is 0 Å². The van der Waals surface area contributed by atoms with E-state index in [9.17, 15) is 0 Å². The van der Waals surface area contributed by atoms with Crippen LogP contribution in [-0.2, 0) is 0 Å². The van der Waals surface area contributed by atoms with Gasteiger partial charge in [-0.3, -0.25) is 4.98 Å². The van der Waals surface area contributed by atoms with Crippen molar-refractivity contribution in [1.29, 1.82) is 0 Å². The highest BCUT2D eigenvalue weighted by molar-refractivity contribution is 7.80. The molecule has 0 aliphatic heterocycles. The van der Waals surface area contributed by atoms with E-state index in [-0.39, 0.29) is 0 Å². The largest absolute Gasteiger partial charge is 0.388 e. The first-order chi connectivity index (χ1) is 8.62. The summed E-state index contributed by atoms with van der Waals surface area (Å²) >= 11 is 4.97. The molecule has 0 aromatic carbocycles. The molecule has 1 aromatic heterocycles. The predicted molar refractivity (Wildman–Crippen MR) is 82.1 cm³/mol. The molecule has 1 heterocycles. The van der Waals surface area contributed by atoms with Crippen LogP contribution in [0.4, 0.5) is 5.69 Å². The monoisotopic (exact) mass is 265 g/mol. The third-order valence-electron chi connectivity index (χ3n) is 3.38. The van der Waals surface area contributed by atoms with Gasteiger partial charge in [-0.15, -0.1) is 0 Å². The van der Waals surface area contributed by atoms with E-state index in [0.717, 1.165) is 24.7 Å². The first kappa shape index (κ1) is 14.9. The molecule has 100 valence electrons. The van der Waals surface area contributed by atoms with Crippen LogP contribution in [0.1, 0.15) is 39.3 Å². The second-order valence-electron chi connectivity index (χ2n) is 4.48. The molecule has 1 rings (SSSR count). The number of nitrogens with zero attached hydrogens (tertiary/aromatic N) is 2. The molecule has 0 radical (unpaired) electrons. The standard InChI is InChI=1S/C14H23N3S/c1-4-11(5-2)10-17(6-3)12-7-8-16-13(9-12)14(15)18/h7-9,11H,4-6,10H2,1-3H3,(H2,15,18). The maximum Gasteiger partial charge on any atom is 0.122 e. The second-order valence-corrected chi connectivity index (χ2v) is 4.92. The number of nitrogens with two attached hydrogens (primary N) is 1. The lowest BCUT2D eigenvalue weighted by atomic mass is 10.0. The topological polar surface area (TPSA) is 42.2 Å². The molecule has 0 unspecified atom stereocenters. The normalized spacial score (nSPS) is 10.7. The fraction of sp³-hybridized carbons (Fsp3) is 0.571. The Morgan fingerprint density at radius 3 is 2.56 bits per heavy atom. The maximum atomic E-state index is 5.63. The lowest BCUT2D eigenvalue weighted by molar-refractivity contribution is 0.486. The first-order valence-electron chi connectivity index (χ1n) is 6.63. The molecule has 0 saturated heterocycles. The molecule has 1 aromatic rings. The van der Waals surface area contributed by atoms with Crippen molar-refractivity contribution in [2.24, 2.45) is 11.7 Å². The molecular weight excluding hydrogens is 242 g/mol. The zero-order chi connectivity index (χ0) is 13.5. The molecule has 0 saturated carbocycles. The molecule has 0 atom stereocenters. The van der Waals surface area contributed by atoms with Crippen molar-refractivity contribution < 1.29 is 0 Å². The Hall–Kier alpha value is -1.16. The van der Waals surface area contributed by atoms with Gasteiger partial charge in [-0.05, 0) is 25.0 Å². The molecule has 4 heteroatoms. The Balaban J connectivity index is 2.87. The van der Waals surface area contributed by atoms with Crippen molar-refractivity contribution in [3.8, 4) is 0 Å². The average molecular weight is 265 g/mol. The molecule has 18 heavy (non-hydrogen) atoms. The van der Waals surface area contributed by atoms with Crippen LogP contribution in [0.15, 0.2) is 18.3 Å². The quantitative estimate of drug-likeness (QED) is 0.770. The average Bonchev–Trinajstić information content (AvgIpc) is 2.40. The minimum atomic E-state index is 0.357. The fourth-order valence-corrected chi connectivity index (χ4v) is 2.14. The molecule has 2 N–H and O–H groups in total. The van der Waals surface area contributed by atoms with Gasteiger partial charge in [-0.2, -0.15) is 0 Å². The van der Waals surface area contributed by atoms with Crippen molar-refractivity contribution in [3.63, 3.8) is 0 Å². The van der Waals surface area contributed by atoms with Gasteiger partial charge < -0.3 is 10.6 Å². The van der Waals surface area contributed by atoms with Crippen LogP contribution in [-0.4, -0.2) is 23.1 Å². The van der Waals surface area contributed by atoms with E-state index >= 15 is 0 Å². The van der Waals surface area contributed by atoms with Gasteiger partial charge in [0.1, 0.15) is 4.99 Å². The van der Waals surface area contributed by atoms with Gasteiger partial charge in [0, 0.05) is 25.0 Å². The molecule has 0 bridgehead atoms. The van der Waals surface area contributed by atoms with E-state index in [4.69, 9.17) is 18.0 Å². The van der Waals surface area contributed by atoms with Crippen molar-refractivity contribution in [2.45, 2.75) is 33.6 Å². The number of rotatable bonds is 7. The summed E-state index contributed by atoms with van der Waals surface area (Å²) in [6, 6.07) is 4.00. The van der Waals surface area contributed by atoms with E-state index in [1.54, 1.807) is 6.20 Å². The zero-order valence-electron chi connectivity index (χ0n) is 11.5. The summed E-state index contributed by atoms with van der Waals surface area (Å²) in [7, 11) is 0. The minimum Gasteiger partial charge on any atom is -0.388 e. The minimum absolute atomic E-state index is 0.357. The second kappa shape index (κ2) is 7.31. The highest BCUT2D eigenvalue weighted by atomic mass is 32.1. The number of hydrogen-bond donors (Lipinski definition) is 1. The molecule has 0 aliphatic rings. The van der Waals surface area contributed by atoms with Crippen molar-refractivity contribution >= 4 is 22.9 Å². The predicted octanol–water partition coefficient (Wildman–Crippen LogP) is 2.98. The van der Waals surface area contributed by atoms with Gasteiger partial charge in [0.05, 0.1) is 5.69 Å². The SMILES string of the molecule is CCC(CC)CN(CC)c1ccnc(C(N)=S)c1. The van der Waals surface area contributed by atoms with Crippen LogP contribution in [0.3, 0.4) is 0 Å². The Morgan fingerprint density at radius 1 is 1.39 bits per heavy atom. The number of anilines is 1. The van der Waals surface area contributed by atoms with Gasteiger partial charge in [0.25, 0.3) is 0 Å². The molecule has 3 nitrogen and oxygen atoms in total. The summed E-state index contributed by atoms with van der Waals surface area (Å²) in [6.45, 7) is 8.72. The lowest BCUT2D eigenvalue weighted by Crippen LogP contribution is -2.29. The van der Waals surface area contributed by atoms with E-state index in [0.29, 0.717) is 10.7 Å². The highest BCUT2D eigenvalue weighted by Crippen LogP contribution is 2.18. The van der Waals surface area contributed by atoms with E-state index in [2.05, 4.69) is 30.7 Å². The van der Waals surface area contributed by atoms with Crippen LogP contribution in [0.25, 0.3) is 0 Å². The molecule has 0 spiro atoms. The summed E-state index contributed by atoms with van der Waals surface area (Å²) in [5.41, 5.74) is 7.48. The summed E-state index contributed by atoms with van der Waals surface area (Å²) in [6.07, 6.45) is 4.19. The Bertz CT molecular complexity index is 388. The van der Waals surface area contributed by atoms with Gasteiger partial charge in [0.2, 0.25) is 0 Å². The summed E-state index contributed by atoms with van der Waals surface area (Å²) < 4.78 is 0. The van der Waals surface area contributed by atoms with Crippen LogP contribution in [0, 0.1) is 5.92 Å². The number of hydrogen-bond acceptors (Lipinski definition) is 3. The fourth-order valence-electron chi connectivity index (χ4n) is 2.03. The van der Waals surface area contributed by atoms with Crippen LogP contribution < -0.4 is 10.6 Å². The van der Waals surface area contributed by atoms with Crippen molar-refractivity contribution in [2.75, 3.05) is 18.0 Å². The smallest absolute Gasteiger partial charge is 0.122 e. The van der Waals surface area contributed by atoms with E-state index < -0.39 is 0 Å². The lowest BCUT2D eigenvalue weighted by Gasteiger charge is -2.27. The van der Waals surface area contributed by atoms with Crippen LogP contribution in [0.2, 0.25) is 0 Å². The van der Waals surface area contributed by atoms with Crippen LogP contribution >= 0.6 is 12.2 Å². The number of aromatic nitrogens is 1. The summed E-state index contributed by atoms with van der Waals surface area (Å²) in [4.78, 5) is 6.90. The van der Waals surface area contributed by atoms with Gasteiger partial charge >= 0.3 is 0 Å². The van der Waals surface area contributed by atoms with E-state index in [1.807, 2.05) is 12.1 Å². The van der Waals surface area contributed by atoms with E-state index in [1.165, 1.54) is 12.8 Å². The molecule has 0 amide bonds. The maximum absolute atomic E-state index is 5.63. The molecule has 0 fully saturated rings. The van der Waals surface area contributed by atoms with Crippen molar-refractivity contribution in [3.05, 3.63) is 24.0 Å². The first-order valence-corrected chi connectivity index (χ1v) is 7.03. The Kier molecular flexibility index (Phi) is 6.05. The Morgan fingerprint density at radius 2 is 2.06 bits per heavy atom.